The second-order valence-electron chi connectivity index (χ2n) is 15.1. The number of hydrogen-bond acceptors (Lipinski definition) is 4. The van der Waals surface area contributed by atoms with Crippen molar-refractivity contribution in [3.8, 4) is 0 Å². The van der Waals surface area contributed by atoms with E-state index < -0.39 is 29.0 Å². The van der Waals surface area contributed by atoms with E-state index >= 15 is 0 Å². The maximum absolute atomic E-state index is 12.8. The van der Waals surface area contributed by atoms with E-state index in [0.717, 1.165) is 51.4 Å². The minimum atomic E-state index is -0.907. The zero-order valence-electron chi connectivity index (χ0n) is 22.7. The van der Waals surface area contributed by atoms with Crippen molar-refractivity contribution in [3.63, 3.8) is 0 Å². The van der Waals surface area contributed by atoms with Gasteiger partial charge in [0, 0.05) is 5.41 Å². The molecule has 4 N–H and O–H groups in total. The Morgan fingerprint density at radius 3 is 2.23 bits per heavy atom. The van der Waals surface area contributed by atoms with E-state index in [-0.39, 0.29) is 40.1 Å². The molecule has 0 aromatic rings. The molecule has 0 radical (unpaired) electrons. The van der Waals surface area contributed by atoms with Gasteiger partial charge in [-0.3, -0.25) is 4.79 Å². The summed E-state index contributed by atoms with van der Waals surface area (Å²) in [6.45, 7) is 13.6. The van der Waals surface area contributed by atoms with Crippen molar-refractivity contribution in [2.45, 2.75) is 112 Å². The molecule has 0 spiro atoms. The lowest BCUT2D eigenvalue weighted by molar-refractivity contribution is -0.243. The van der Waals surface area contributed by atoms with Gasteiger partial charge in [-0.15, -0.1) is 0 Å². The largest absolute Gasteiger partial charge is 0.481 e. The van der Waals surface area contributed by atoms with Crippen LogP contribution in [0, 0.1) is 50.2 Å². The van der Waals surface area contributed by atoms with Crippen LogP contribution in [0.3, 0.4) is 0 Å². The number of hydrogen-bond donors (Lipinski definition) is 4. The average molecular weight is 489 g/mol. The summed E-state index contributed by atoms with van der Waals surface area (Å²) >= 11 is 0. The minimum absolute atomic E-state index is 0.00698. The Bertz CT molecular complexity index is 941. The molecule has 4 fully saturated rings. The number of aliphatic hydroxyl groups is 3. The maximum Gasteiger partial charge on any atom is 0.310 e. The molecular weight excluding hydrogens is 440 g/mol. The highest BCUT2D eigenvalue weighted by Gasteiger charge is 2.70. The Labute approximate surface area is 211 Å². The third-order valence-electron chi connectivity index (χ3n) is 13.2. The van der Waals surface area contributed by atoms with Gasteiger partial charge in [-0.25, -0.2) is 0 Å². The molecule has 5 aliphatic rings. The van der Waals surface area contributed by atoms with Gasteiger partial charge in [-0.05, 0) is 97.2 Å². The maximum atomic E-state index is 12.8. The van der Waals surface area contributed by atoms with E-state index in [2.05, 4.69) is 40.7 Å². The van der Waals surface area contributed by atoms with Crippen LogP contribution in [0.15, 0.2) is 11.6 Å². The summed E-state index contributed by atoms with van der Waals surface area (Å²) in [5, 5.41) is 42.8. The molecule has 198 valence electrons. The molecule has 5 nitrogen and oxygen atoms in total. The molecule has 5 heteroatoms. The minimum Gasteiger partial charge on any atom is -0.481 e. The molecule has 5 aliphatic carbocycles. The van der Waals surface area contributed by atoms with Crippen LogP contribution in [0.4, 0.5) is 0 Å². The number of fused-ring (bicyclic) bond motifs is 7. The number of rotatable bonds is 2. The van der Waals surface area contributed by atoms with Crippen molar-refractivity contribution in [1.29, 1.82) is 0 Å². The summed E-state index contributed by atoms with van der Waals surface area (Å²) in [7, 11) is 0. The lowest BCUT2D eigenvalue weighted by atomic mass is 9.33. The van der Waals surface area contributed by atoms with Crippen molar-refractivity contribution in [2.24, 2.45) is 50.2 Å². The molecule has 0 heterocycles. The number of carbonyl (C=O) groups is 1. The fraction of sp³-hybridized carbons (Fsp3) is 0.900. The normalized spacial score (nSPS) is 55.0. The molecular formula is C30H48O5. The first kappa shape index (κ1) is 25.7. The first-order valence-corrected chi connectivity index (χ1v) is 14.0. The summed E-state index contributed by atoms with van der Waals surface area (Å²) in [6.07, 6.45) is 8.40. The SMILES string of the molecule is CC1(C)CC[C@]2(C(=O)O)CC[C@]3(C)C(=CC[C@@H]4[C@@]5(C)C[C@@H](O)[C@H](O)[C@@](C)(CO)C5CC[C@]43C)[C@@H]2C1. The number of carboxylic acid groups (broad SMARTS) is 1. The monoisotopic (exact) mass is 488 g/mol. The van der Waals surface area contributed by atoms with Crippen LogP contribution in [0.1, 0.15) is 99.3 Å². The van der Waals surface area contributed by atoms with E-state index in [9.17, 15) is 25.2 Å². The smallest absolute Gasteiger partial charge is 0.310 e. The van der Waals surface area contributed by atoms with Gasteiger partial charge in [0.1, 0.15) is 0 Å². The molecule has 0 bridgehead atoms. The number of aliphatic hydroxyl groups excluding tert-OH is 3. The van der Waals surface area contributed by atoms with Crippen molar-refractivity contribution < 1.29 is 25.2 Å². The summed E-state index contributed by atoms with van der Waals surface area (Å²) < 4.78 is 0. The van der Waals surface area contributed by atoms with E-state index in [1.54, 1.807) is 0 Å². The molecule has 0 amide bonds. The van der Waals surface area contributed by atoms with Crippen LogP contribution in [0.5, 0.6) is 0 Å². The van der Waals surface area contributed by atoms with Crippen LogP contribution in [-0.2, 0) is 4.79 Å². The first-order chi connectivity index (χ1) is 16.1. The second-order valence-corrected chi connectivity index (χ2v) is 15.1. The van der Waals surface area contributed by atoms with Crippen LogP contribution in [-0.4, -0.2) is 45.2 Å². The average Bonchev–Trinajstić information content (AvgIpc) is 2.77. The lowest BCUT2D eigenvalue weighted by Crippen LogP contribution is -2.68. The summed E-state index contributed by atoms with van der Waals surface area (Å²) in [5.41, 5.74) is -0.0632. The van der Waals surface area contributed by atoms with Gasteiger partial charge in [0.2, 0.25) is 0 Å². The molecule has 4 saturated carbocycles. The predicted octanol–water partition coefficient (Wildman–Crippen LogP) is 5.18. The lowest BCUT2D eigenvalue weighted by Gasteiger charge is -2.71. The van der Waals surface area contributed by atoms with E-state index in [1.807, 2.05) is 6.92 Å². The van der Waals surface area contributed by atoms with Crippen LogP contribution >= 0.6 is 0 Å². The van der Waals surface area contributed by atoms with E-state index in [4.69, 9.17) is 0 Å². The van der Waals surface area contributed by atoms with Crippen molar-refractivity contribution in [2.75, 3.05) is 6.61 Å². The Kier molecular flexibility index (Phi) is 5.56. The molecule has 35 heavy (non-hydrogen) atoms. The number of allylic oxidation sites excluding steroid dienone is 2. The highest BCUT2D eigenvalue weighted by atomic mass is 16.4. The summed E-state index contributed by atoms with van der Waals surface area (Å²) in [6, 6.07) is 0. The molecule has 10 atom stereocenters. The van der Waals surface area contributed by atoms with Gasteiger partial charge < -0.3 is 20.4 Å². The Balaban J connectivity index is 1.61. The molecule has 0 aliphatic heterocycles. The standard InChI is InChI=1S/C30H48O5/c1-25(2)11-13-30(24(34)35)14-12-28(5)18(19(30)15-25)7-8-22-26(3)16-20(32)23(33)27(4,17-31)21(26)9-10-29(22,28)6/h7,19-23,31-33H,8-17H2,1-6H3,(H,34,35)/t19-,20+,21?,22+,23-,26-,27-,28+,29+,30-/m0/s1. The summed E-state index contributed by atoms with van der Waals surface area (Å²) in [4.78, 5) is 12.8. The van der Waals surface area contributed by atoms with Crippen molar-refractivity contribution >= 4 is 5.97 Å². The summed E-state index contributed by atoms with van der Waals surface area (Å²) in [5.74, 6) is -0.0472. The van der Waals surface area contributed by atoms with Gasteiger partial charge in [0.05, 0.1) is 24.2 Å². The van der Waals surface area contributed by atoms with Crippen LogP contribution in [0.2, 0.25) is 0 Å². The van der Waals surface area contributed by atoms with E-state index in [1.165, 1.54) is 5.57 Å². The van der Waals surface area contributed by atoms with E-state index in [0.29, 0.717) is 12.3 Å². The second kappa shape index (κ2) is 7.57. The Morgan fingerprint density at radius 2 is 1.60 bits per heavy atom. The zero-order valence-corrected chi connectivity index (χ0v) is 22.7. The van der Waals surface area contributed by atoms with Gasteiger partial charge >= 0.3 is 5.97 Å². The van der Waals surface area contributed by atoms with Gasteiger partial charge in [-0.2, -0.15) is 0 Å². The Hall–Kier alpha value is -0.910. The number of aliphatic carboxylic acids is 1. The van der Waals surface area contributed by atoms with Crippen LogP contribution < -0.4 is 0 Å². The quantitative estimate of drug-likeness (QED) is 0.402. The highest BCUT2D eigenvalue weighted by molar-refractivity contribution is 5.76. The third kappa shape index (κ3) is 3.07. The predicted molar refractivity (Wildman–Crippen MR) is 135 cm³/mol. The van der Waals surface area contributed by atoms with Crippen molar-refractivity contribution in [3.05, 3.63) is 11.6 Å². The highest BCUT2D eigenvalue weighted by Crippen LogP contribution is 2.75. The molecule has 0 saturated heterocycles. The Morgan fingerprint density at radius 1 is 0.943 bits per heavy atom. The zero-order chi connectivity index (χ0) is 25.8. The van der Waals surface area contributed by atoms with Crippen molar-refractivity contribution in [1.82, 2.24) is 0 Å². The van der Waals surface area contributed by atoms with Gasteiger partial charge in [-0.1, -0.05) is 53.2 Å². The molecule has 0 aromatic heterocycles. The molecule has 5 rings (SSSR count). The third-order valence-corrected chi connectivity index (χ3v) is 13.2. The van der Waals surface area contributed by atoms with Gasteiger partial charge in [0.15, 0.2) is 0 Å². The van der Waals surface area contributed by atoms with Gasteiger partial charge in [0.25, 0.3) is 0 Å². The molecule has 0 aromatic carbocycles. The molecule has 1 unspecified atom stereocenters. The number of carboxylic acids is 1. The fourth-order valence-electron chi connectivity index (χ4n) is 10.8. The van der Waals surface area contributed by atoms with Crippen LogP contribution in [0.25, 0.3) is 0 Å². The first-order valence-electron chi connectivity index (χ1n) is 14.0. The topological polar surface area (TPSA) is 98.0 Å². The fourth-order valence-corrected chi connectivity index (χ4v) is 10.8.